The maximum absolute atomic E-state index is 12.1. The van der Waals surface area contributed by atoms with Crippen LogP contribution >= 0.6 is 0 Å². The van der Waals surface area contributed by atoms with Gasteiger partial charge in [0.2, 0.25) is 11.8 Å². The first-order valence-electron chi connectivity index (χ1n) is 6.35. The lowest BCUT2D eigenvalue weighted by Gasteiger charge is -2.23. The first kappa shape index (κ1) is 17.9. The zero-order valence-electron chi connectivity index (χ0n) is 12.2. The molecule has 0 aliphatic rings. The summed E-state index contributed by atoms with van der Waals surface area (Å²) in [7, 11) is 1.21. The number of nitrogens with one attached hydrogen (secondary N) is 2. The van der Waals surface area contributed by atoms with Crippen LogP contribution in [-0.2, 0) is 19.1 Å². The summed E-state index contributed by atoms with van der Waals surface area (Å²) < 4.78 is 4.58. The molecule has 112 valence electrons. The molecule has 0 saturated heterocycles. The highest BCUT2D eigenvalue weighted by atomic mass is 16.5. The van der Waals surface area contributed by atoms with E-state index in [1.165, 1.54) is 14.0 Å². The van der Waals surface area contributed by atoms with Gasteiger partial charge in [-0.15, -0.1) is 0 Å². The molecule has 2 N–H and O–H groups in total. The number of nitriles is 1. The van der Waals surface area contributed by atoms with E-state index >= 15 is 0 Å². The van der Waals surface area contributed by atoms with Crippen LogP contribution in [0.1, 0.15) is 33.6 Å². The fraction of sp³-hybridized carbons (Fsp3) is 0.692. The summed E-state index contributed by atoms with van der Waals surface area (Å²) in [6.45, 7) is 4.88. The van der Waals surface area contributed by atoms with Gasteiger partial charge in [-0.2, -0.15) is 5.26 Å². The second-order valence-corrected chi connectivity index (χ2v) is 4.70. The van der Waals surface area contributed by atoms with Crippen LogP contribution in [-0.4, -0.2) is 37.0 Å². The Bertz CT molecular complexity index is 401. The van der Waals surface area contributed by atoms with Crippen LogP contribution in [0.5, 0.6) is 0 Å². The minimum atomic E-state index is -0.887. The lowest BCUT2D eigenvalue weighted by molar-refractivity contribution is -0.145. The minimum Gasteiger partial charge on any atom is -0.467 e. The Balaban J connectivity index is 4.81. The predicted octanol–water partition coefficient (Wildman–Crippen LogP) is 0.109. The van der Waals surface area contributed by atoms with Gasteiger partial charge in [0.15, 0.2) is 0 Å². The largest absolute Gasteiger partial charge is 0.467 e. The molecule has 0 radical (unpaired) electrons. The molecule has 0 spiro atoms. The second kappa shape index (κ2) is 8.91. The number of carbonyl (C=O) groups is 3. The molecule has 0 unspecified atom stereocenters. The summed E-state index contributed by atoms with van der Waals surface area (Å²) in [6, 6.07) is 0.284. The Morgan fingerprint density at radius 1 is 1.25 bits per heavy atom. The van der Waals surface area contributed by atoms with Crippen molar-refractivity contribution in [2.75, 3.05) is 7.11 Å². The van der Waals surface area contributed by atoms with Crippen molar-refractivity contribution in [2.45, 2.75) is 45.7 Å². The van der Waals surface area contributed by atoms with Crippen LogP contribution in [0, 0.1) is 17.2 Å². The van der Waals surface area contributed by atoms with E-state index in [0.717, 1.165) is 0 Å². The van der Waals surface area contributed by atoms with Gasteiger partial charge < -0.3 is 15.4 Å². The minimum absolute atomic E-state index is 0.118. The summed E-state index contributed by atoms with van der Waals surface area (Å²) in [4.78, 5) is 34.7. The van der Waals surface area contributed by atoms with E-state index < -0.39 is 24.0 Å². The number of esters is 1. The number of carbonyl (C=O) groups excluding carboxylic acids is 3. The quantitative estimate of drug-likeness (QED) is 0.645. The van der Waals surface area contributed by atoms with Crippen molar-refractivity contribution in [1.82, 2.24) is 10.6 Å². The van der Waals surface area contributed by atoms with Crippen LogP contribution in [0.4, 0.5) is 0 Å². The molecule has 20 heavy (non-hydrogen) atoms. The molecule has 0 aliphatic heterocycles. The first-order chi connectivity index (χ1) is 9.33. The molecular weight excluding hydrogens is 262 g/mol. The standard InChI is InChI=1S/C13H21N3O4/c1-8(2)11(15-9(3)17)12(18)16-10(6-5-7-14)13(19)20-4/h8,10-11H,5-6H2,1-4H3,(H,15,17)(H,16,18)/t10-,11+/m0/s1. The molecule has 0 aromatic heterocycles. The van der Waals surface area contributed by atoms with Crippen molar-refractivity contribution in [3.05, 3.63) is 0 Å². The van der Waals surface area contributed by atoms with Gasteiger partial charge in [0.25, 0.3) is 0 Å². The van der Waals surface area contributed by atoms with E-state index in [4.69, 9.17) is 5.26 Å². The van der Waals surface area contributed by atoms with Gasteiger partial charge in [0.05, 0.1) is 13.2 Å². The summed E-state index contributed by atoms with van der Waals surface area (Å²) in [5.41, 5.74) is 0. The van der Waals surface area contributed by atoms with E-state index in [2.05, 4.69) is 15.4 Å². The summed E-state index contributed by atoms with van der Waals surface area (Å²) >= 11 is 0. The SMILES string of the molecule is COC(=O)[C@H](CCC#N)NC(=O)[C@H](NC(C)=O)C(C)C. The Hall–Kier alpha value is -2.10. The van der Waals surface area contributed by atoms with Crippen molar-refractivity contribution in [2.24, 2.45) is 5.92 Å². The molecule has 0 fully saturated rings. The molecule has 2 amide bonds. The molecule has 2 atom stereocenters. The van der Waals surface area contributed by atoms with Crippen molar-refractivity contribution < 1.29 is 19.1 Å². The maximum atomic E-state index is 12.1. The number of methoxy groups -OCH3 is 1. The molecule has 0 bridgehead atoms. The van der Waals surface area contributed by atoms with Crippen molar-refractivity contribution in [3.8, 4) is 6.07 Å². The number of rotatable bonds is 7. The van der Waals surface area contributed by atoms with Crippen LogP contribution in [0.25, 0.3) is 0 Å². The summed E-state index contributed by atoms with van der Waals surface area (Å²) in [5, 5.41) is 13.6. The van der Waals surface area contributed by atoms with E-state index in [9.17, 15) is 14.4 Å². The lowest BCUT2D eigenvalue weighted by Crippen LogP contribution is -2.53. The number of nitrogens with zero attached hydrogens (tertiary/aromatic N) is 1. The molecule has 7 nitrogen and oxygen atoms in total. The van der Waals surface area contributed by atoms with Gasteiger partial charge in [0, 0.05) is 13.3 Å². The smallest absolute Gasteiger partial charge is 0.328 e. The van der Waals surface area contributed by atoms with Crippen molar-refractivity contribution in [3.63, 3.8) is 0 Å². The Kier molecular flexibility index (Phi) is 7.97. The van der Waals surface area contributed by atoms with Gasteiger partial charge in [-0.3, -0.25) is 9.59 Å². The summed E-state index contributed by atoms with van der Waals surface area (Å²) in [6.07, 6.45) is 0.284. The van der Waals surface area contributed by atoms with Gasteiger partial charge in [-0.05, 0) is 12.3 Å². The molecule has 0 aliphatic carbocycles. The van der Waals surface area contributed by atoms with Crippen LogP contribution in [0.3, 0.4) is 0 Å². The molecule has 0 saturated carbocycles. The van der Waals surface area contributed by atoms with Crippen LogP contribution in [0.15, 0.2) is 0 Å². The summed E-state index contributed by atoms with van der Waals surface area (Å²) in [5.74, 6) is -1.54. The molecule has 0 aromatic carbocycles. The molecule has 0 heterocycles. The predicted molar refractivity (Wildman–Crippen MR) is 71.2 cm³/mol. The number of hydrogen-bond donors (Lipinski definition) is 2. The fourth-order valence-corrected chi connectivity index (χ4v) is 1.62. The molecule has 0 aromatic rings. The Labute approximate surface area is 118 Å². The Morgan fingerprint density at radius 3 is 2.25 bits per heavy atom. The van der Waals surface area contributed by atoms with E-state index in [1.54, 1.807) is 13.8 Å². The lowest BCUT2D eigenvalue weighted by atomic mass is 10.0. The Morgan fingerprint density at radius 2 is 1.85 bits per heavy atom. The maximum Gasteiger partial charge on any atom is 0.328 e. The average Bonchev–Trinajstić information content (AvgIpc) is 2.38. The highest BCUT2D eigenvalue weighted by molar-refractivity contribution is 5.90. The van der Waals surface area contributed by atoms with Crippen molar-refractivity contribution in [1.29, 1.82) is 5.26 Å². The number of amides is 2. The van der Waals surface area contributed by atoms with E-state index in [0.29, 0.717) is 0 Å². The van der Waals surface area contributed by atoms with Crippen LogP contribution in [0.2, 0.25) is 0 Å². The monoisotopic (exact) mass is 283 g/mol. The van der Waals surface area contributed by atoms with Gasteiger partial charge in [-0.25, -0.2) is 4.79 Å². The van der Waals surface area contributed by atoms with E-state index in [-0.39, 0.29) is 24.7 Å². The highest BCUT2D eigenvalue weighted by Crippen LogP contribution is 2.05. The molecular formula is C13H21N3O4. The average molecular weight is 283 g/mol. The van der Waals surface area contributed by atoms with Gasteiger partial charge >= 0.3 is 5.97 Å². The number of ether oxygens (including phenoxy) is 1. The van der Waals surface area contributed by atoms with Gasteiger partial charge in [-0.1, -0.05) is 13.8 Å². The van der Waals surface area contributed by atoms with Crippen molar-refractivity contribution >= 4 is 17.8 Å². The third kappa shape index (κ3) is 6.18. The van der Waals surface area contributed by atoms with Crippen LogP contribution < -0.4 is 10.6 Å². The van der Waals surface area contributed by atoms with Gasteiger partial charge in [0.1, 0.15) is 12.1 Å². The zero-order valence-corrected chi connectivity index (χ0v) is 12.2. The van der Waals surface area contributed by atoms with E-state index in [1.807, 2.05) is 6.07 Å². The molecule has 7 heteroatoms. The zero-order chi connectivity index (χ0) is 15.7. The first-order valence-corrected chi connectivity index (χ1v) is 6.35. The number of hydrogen-bond acceptors (Lipinski definition) is 5. The molecule has 0 rings (SSSR count). The fourth-order valence-electron chi connectivity index (χ4n) is 1.62. The normalized spacial score (nSPS) is 13.0. The topological polar surface area (TPSA) is 108 Å². The third-order valence-electron chi connectivity index (χ3n) is 2.65. The second-order valence-electron chi connectivity index (χ2n) is 4.70. The third-order valence-corrected chi connectivity index (χ3v) is 2.65. The highest BCUT2D eigenvalue weighted by Gasteiger charge is 2.28.